The number of carbonyl (C=O) groups excluding carboxylic acids is 3. The number of hydrogen-bond acceptors (Lipinski definition) is 7. The molecule has 0 radical (unpaired) electrons. The zero-order valence-corrected chi connectivity index (χ0v) is 18.6. The Morgan fingerprint density at radius 2 is 2.00 bits per heavy atom. The zero-order valence-electron chi connectivity index (χ0n) is 18.6. The first-order valence-corrected chi connectivity index (χ1v) is 10.9. The van der Waals surface area contributed by atoms with Crippen molar-refractivity contribution in [3.8, 4) is 5.75 Å². The first kappa shape index (κ1) is 22.3. The number of carbonyl (C=O) groups is 3. The smallest absolute Gasteiger partial charge is 0.338 e. The number of allylic oxidation sites excluding steroid dienone is 1. The van der Waals surface area contributed by atoms with Crippen molar-refractivity contribution in [2.24, 2.45) is 11.8 Å². The minimum absolute atomic E-state index is 0.0507. The molecule has 0 aromatic heterocycles. The van der Waals surface area contributed by atoms with Crippen molar-refractivity contribution in [1.82, 2.24) is 4.90 Å². The van der Waals surface area contributed by atoms with Crippen LogP contribution < -0.4 is 4.74 Å². The lowest BCUT2D eigenvalue weighted by atomic mass is 9.68. The lowest BCUT2D eigenvalue weighted by Gasteiger charge is -2.48. The normalized spacial score (nSPS) is 32.4. The van der Waals surface area contributed by atoms with Crippen molar-refractivity contribution in [2.45, 2.75) is 56.4 Å². The highest BCUT2D eigenvalue weighted by Crippen LogP contribution is 2.55. The summed E-state index contributed by atoms with van der Waals surface area (Å²) in [6.45, 7) is 1.62. The molecule has 2 fully saturated rings. The number of benzene rings is 1. The fourth-order valence-electron chi connectivity index (χ4n) is 5.58. The molecule has 8 heteroatoms. The molecule has 0 bridgehead atoms. The predicted molar refractivity (Wildman–Crippen MR) is 113 cm³/mol. The second kappa shape index (κ2) is 8.24. The Balaban J connectivity index is 1.85. The summed E-state index contributed by atoms with van der Waals surface area (Å²) in [6, 6.07) is 7.12. The minimum atomic E-state index is -1.87. The second-order valence-corrected chi connectivity index (χ2v) is 8.84. The molecule has 2 saturated heterocycles. The fraction of sp³-hybridized carbons (Fsp3) is 0.542. The van der Waals surface area contributed by atoms with Gasteiger partial charge in [-0.1, -0.05) is 24.3 Å². The molecule has 4 rings (SSSR count). The first-order valence-electron chi connectivity index (χ1n) is 10.9. The van der Waals surface area contributed by atoms with Gasteiger partial charge in [0.1, 0.15) is 5.75 Å². The lowest BCUT2D eigenvalue weighted by molar-refractivity contribution is -0.195. The van der Waals surface area contributed by atoms with E-state index in [-0.39, 0.29) is 18.9 Å². The molecule has 2 aliphatic heterocycles. The van der Waals surface area contributed by atoms with E-state index >= 15 is 0 Å². The molecule has 8 nitrogen and oxygen atoms in total. The van der Waals surface area contributed by atoms with Gasteiger partial charge < -0.3 is 24.2 Å². The largest absolute Gasteiger partial charge is 0.497 e. The van der Waals surface area contributed by atoms with E-state index in [1.807, 2.05) is 12.2 Å². The number of methoxy groups -OCH3 is 2. The first-order chi connectivity index (χ1) is 15.3. The number of esters is 2. The summed E-state index contributed by atoms with van der Waals surface area (Å²) in [5, 5.41) is 11.7. The van der Waals surface area contributed by atoms with E-state index in [1.165, 1.54) is 12.0 Å². The number of rotatable bonds is 6. The van der Waals surface area contributed by atoms with Crippen LogP contribution in [0.1, 0.15) is 38.2 Å². The van der Waals surface area contributed by atoms with E-state index in [0.29, 0.717) is 12.2 Å². The Morgan fingerprint density at radius 1 is 1.28 bits per heavy atom. The summed E-state index contributed by atoms with van der Waals surface area (Å²) in [5.74, 6) is -2.36. The SMILES string of the molecule is COC(=O)[C@]1([C@@H](O)[C@@H]2C=CCCC2)N(Cc2ccc(OC)cc2)C(=O)[C@@H]2CC(=O)O[C@@]21C. The van der Waals surface area contributed by atoms with Crippen LogP contribution in [0.3, 0.4) is 0 Å². The number of amides is 1. The summed E-state index contributed by atoms with van der Waals surface area (Å²) < 4.78 is 16.1. The van der Waals surface area contributed by atoms with Gasteiger partial charge in [-0.25, -0.2) is 4.79 Å². The fourth-order valence-corrected chi connectivity index (χ4v) is 5.58. The molecule has 5 atom stereocenters. The van der Waals surface area contributed by atoms with Gasteiger partial charge in [0.15, 0.2) is 5.60 Å². The summed E-state index contributed by atoms with van der Waals surface area (Å²) in [4.78, 5) is 40.8. The number of aliphatic hydroxyl groups excluding tert-OH is 1. The molecule has 3 aliphatic rings. The van der Waals surface area contributed by atoms with E-state index in [9.17, 15) is 19.5 Å². The van der Waals surface area contributed by atoms with Crippen LogP contribution in [0.5, 0.6) is 5.75 Å². The number of ether oxygens (including phenoxy) is 3. The molecule has 0 unspecified atom stereocenters. The number of hydrogen-bond donors (Lipinski definition) is 1. The Kier molecular flexibility index (Phi) is 5.75. The topological polar surface area (TPSA) is 102 Å². The van der Waals surface area contributed by atoms with Crippen molar-refractivity contribution >= 4 is 17.8 Å². The van der Waals surface area contributed by atoms with Gasteiger partial charge in [-0.3, -0.25) is 9.59 Å². The molecule has 1 amide bonds. The van der Waals surface area contributed by atoms with Gasteiger partial charge in [0, 0.05) is 12.5 Å². The van der Waals surface area contributed by atoms with Crippen molar-refractivity contribution in [3.63, 3.8) is 0 Å². The Labute approximate surface area is 187 Å². The summed E-state index contributed by atoms with van der Waals surface area (Å²) >= 11 is 0. The molecule has 1 N–H and O–H groups in total. The third-order valence-electron chi connectivity index (χ3n) is 7.23. The molecule has 172 valence electrons. The highest BCUT2D eigenvalue weighted by Gasteiger charge is 2.78. The van der Waals surface area contributed by atoms with Gasteiger partial charge in [-0.2, -0.15) is 0 Å². The monoisotopic (exact) mass is 443 g/mol. The highest BCUT2D eigenvalue weighted by atomic mass is 16.6. The average Bonchev–Trinajstić information content (AvgIpc) is 3.21. The van der Waals surface area contributed by atoms with Gasteiger partial charge in [-0.15, -0.1) is 0 Å². The Morgan fingerprint density at radius 3 is 2.59 bits per heavy atom. The van der Waals surface area contributed by atoms with Crippen LogP contribution in [-0.4, -0.2) is 59.3 Å². The summed E-state index contributed by atoms with van der Waals surface area (Å²) in [5.41, 5.74) is -2.68. The standard InChI is InChI=1S/C24H29NO7/c1-23-18(13-19(26)32-23)21(28)25(14-15-9-11-17(30-2)12-10-15)24(23,22(29)31-3)20(27)16-7-5-4-6-8-16/h5,7,9-12,16,18,20,27H,4,6,8,13-14H2,1-3H3/t16-,18+,20+,23+,24+/m1/s1. The Bertz CT molecular complexity index is 942. The van der Waals surface area contributed by atoms with E-state index in [4.69, 9.17) is 14.2 Å². The number of likely N-dealkylation sites (tertiary alicyclic amines) is 1. The minimum Gasteiger partial charge on any atom is -0.497 e. The molecule has 1 aromatic rings. The summed E-state index contributed by atoms with van der Waals surface area (Å²) in [7, 11) is 2.78. The molecule has 2 heterocycles. The van der Waals surface area contributed by atoms with Crippen molar-refractivity contribution in [2.75, 3.05) is 14.2 Å². The molecule has 32 heavy (non-hydrogen) atoms. The molecule has 0 spiro atoms. The second-order valence-electron chi connectivity index (χ2n) is 8.84. The summed E-state index contributed by atoms with van der Waals surface area (Å²) in [6.07, 6.45) is 4.78. The Hall–Kier alpha value is -2.87. The van der Waals surface area contributed by atoms with Crippen LogP contribution in [0.25, 0.3) is 0 Å². The van der Waals surface area contributed by atoms with E-state index in [1.54, 1.807) is 38.3 Å². The molecule has 1 aromatic carbocycles. The highest BCUT2D eigenvalue weighted by molar-refractivity contribution is 6.00. The van der Waals surface area contributed by atoms with Crippen LogP contribution in [0, 0.1) is 11.8 Å². The van der Waals surface area contributed by atoms with Crippen molar-refractivity contribution < 1.29 is 33.7 Å². The van der Waals surface area contributed by atoms with Gasteiger partial charge in [0.2, 0.25) is 11.4 Å². The third-order valence-corrected chi connectivity index (χ3v) is 7.23. The van der Waals surface area contributed by atoms with E-state index < -0.39 is 41.0 Å². The van der Waals surface area contributed by atoms with Gasteiger partial charge in [-0.05, 0) is 43.9 Å². The maximum absolute atomic E-state index is 13.6. The van der Waals surface area contributed by atoms with Crippen LogP contribution in [0.15, 0.2) is 36.4 Å². The van der Waals surface area contributed by atoms with Crippen molar-refractivity contribution in [1.29, 1.82) is 0 Å². The average molecular weight is 443 g/mol. The van der Waals surface area contributed by atoms with Gasteiger partial charge in [0.25, 0.3) is 0 Å². The number of fused-ring (bicyclic) bond motifs is 1. The van der Waals surface area contributed by atoms with Gasteiger partial charge >= 0.3 is 11.9 Å². The van der Waals surface area contributed by atoms with E-state index in [2.05, 4.69) is 0 Å². The lowest BCUT2D eigenvalue weighted by Crippen LogP contribution is -2.71. The van der Waals surface area contributed by atoms with Crippen LogP contribution in [-0.2, 0) is 30.4 Å². The van der Waals surface area contributed by atoms with Gasteiger partial charge in [0.05, 0.1) is 32.7 Å². The molecular formula is C24H29NO7. The van der Waals surface area contributed by atoms with Crippen molar-refractivity contribution in [3.05, 3.63) is 42.0 Å². The third kappa shape index (κ3) is 3.11. The zero-order chi connectivity index (χ0) is 23.1. The predicted octanol–water partition coefficient (Wildman–Crippen LogP) is 1.99. The number of nitrogens with zero attached hydrogens (tertiary/aromatic N) is 1. The molecular weight excluding hydrogens is 414 g/mol. The van der Waals surface area contributed by atoms with Crippen LogP contribution in [0.4, 0.5) is 0 Å². The maximum atomic E-state index is 13.6. The van der Waals surface area contributed by atoms with Crippen LogP contribution >= 0.6 is 0 Å². The number of aliphatic hydroxyl groups is 1. The van der Waals surface area contributed by atoms with Crippen LogP contribution in [0.2, 0.25) is 0 Å². The maximum Gasteiger partial charge on any atom is 0.338 e. The molecule has 1 aliphatic carbocycles. The quantitative estimate of drug-likeness (QED) is 0.530. The van der Waals surface area contributed by atoms with E-state index in [0.717, 1.165) is 18.4 Å². The molecule has 0 saturated carbocycles.